The van der Waals surface area contributed by atoms with E-state index < -0.39 is 11.7 Å². The van der Waals surface area contributed by atoms with Gasteiger partial charge in [0.1, 0.15) is 6.10 Å². The summed E-state index contributed by atoms with van der Waals surface area (Å²) in [7, 11) is 0. The normalized spacial score (nSPS) is 35.2. The van der Waals surface area contributed by atoms with Crippen LogP contribution < -0.4 is 4.90 Å². The topological polar surface area (TPSA) is 32.8 Å². The van der Waals surface area contributed by atoms with Gasteiger partial charge in [-0.1, -0.05) is 25.1 Å². The zero-order chi connectivity index (χ0) is 23.4. The minimum atomic E-state index is -4.34. The molecular formula is C26H33F3N2O2. The van der Waals surface area contributed by atoms with Crippen LogP contribution in [0.4, 0.5) is 18.9 Å². The highest BCUT2D eigenvalue weighted by atomic mass is 19.4. The van der Waals surface area contributed by atoms with Crippen molar-refractivity contribution >= 4 is 11.7 Å². The largest absolute Gasteiger partial charge is 0.462 e. The Labute approximate surface area is 193 Å². The maximum Gasteiger partial charge on any atom is 0.416 e. The van der Waals surface area contributed by atoms with E-state index >= 15 is 0 Å². The number of rotatable bonds is 3. The fraction of sp³-hybridized carbons (Fsp3) is 0.654. The number of nitrogens with zero attached hydrogens (tertiary/aromatic N) is 2. The van der Waals surface area contributed by atoms with Crippen LogP contribution in [0.25, 0.3) is 0 Å². The molecule has 0 bridgehead atoms. The highest BCUT2D eigenvalue weighted by Gasteiger charge is 2.55. The molecule has 0 amide bonds. The summed E-state index contributed by atoms with van der Waals surface area (Å²) in [5.41, 5.74) is 1.53. The standard InChI is InChI=1S/C26H33F3N2O2/c1-17-5-4-8-25(2)15-23-20(14-22(17)25)21(24(32)33-23)16-30-9-11-31(12-10-30)19-7-3-6-18(13-19)26(27,28)29/h3,6-7,13,20-23H,1,4-5,8-12,14-16H2,2H3/t20-,21+,22+,23+,25+/m0/s1. The first-order valence-corrected chi connectivity index (χ1v) is 12.2. The first-order chi connectivity index (χ1) is 15.6. The summed E-state index contributed by atoms with van der Waals surface area (Å²) in [6.45, 7) is 10.1. The molecule has 2 aliphatic carbocycles. The van der Waals surface area contributed by atoms with Crippen molar-refractivity contribution in [1.82, 2.24) is 4.90 Å². The molecule has 0 spiro atoms. The van der Waals surface area contributed by atoms with Crippen molar-refractivity contribution in [3.63, 3.8) is 0 Å². The summed E-state index contributed by atoms with van der Waals surface area (Å²) in [6.07, 6.45) is 1.05. The van der Waals surface area contributed by atoms with Gasteiger partial charge >= 0.3 is 12.1 Å². The molecular weight excluding hydrogens is 429 g/mol. The number of alkyl halides is 3. The van der Waals surface area contributed by atoms with E-state index in [1.807, 2.05) is 4.90 Å². The number of ether oxygens (including phenoxy) is 1. The number of hydrogen-bond acceptors (Lipinski definition) is 4. The van der Waals surface area contributed by atoms with Gasteiger partial charge in [-0.05, 0) is 61.6 Å². The van der Waals surface area contributed by atoms with Gasteiger partial charge in [-0.25, -0.2) is 0 Å². The van der Waals surface area contributed by atoms with Gasteiger partial charge in [-0.15, -0.1) is 0 Å². The Kier molecular flexibility index (Phi) is 5.74. The Bertz CT molecular complexity index is 924. The van der Waals surface area contributed by atoms with Crippen molar-refractivity contribution in [1.29, 1.82) is 0 Å². The number of carbonyl (C=O) groups excluding carboxylic acids is 1. The third-order valence-electron chi connectivity index (χ3n) is 8.69. The fourth-order valence-corrected chi connectivity index (χ4v) is 6.81. The lowest BCUT2D eigenvalue weighted by Crippen LogP contribution is -2.50. The van der Waals surface area contributed by atoms with E-state index in [-0.39, 0.29) is 29.3 Å². The summed E-state index contributed by atoms with van der Waals surface area (Å²) in [5.74, 6) is 0.529. The van der Waals surface area contributed by atoms with Crippen molar-refractivity contribution in [2.75, 3.05) is 37.6 Å². The minimum absolute atomic E-state index is 0.0149. The highest BCUT2D eigenvalue weighted by Crippen LogP contribution is 2.57. The number of fused-ring (bicyclic) bond motifs is 2. The van der Waals surface area contributed by atoms with Gasteiger partial charge < -0.3 is 9.64 Å². The van der Waals surface area contributed by atoms with Crippen molar-refractivity contribution in [2.45, 2.75) is 51.3 Å². The van der Waals surface area contributed by atoms with Crippen LogP contribution >= 0.6 is 0 Å². The molecule has 2 aliphatic heterocycles. The molecule has 1 aromatic rings. The van der Waals surface area contributed by atoms with Gasteiger partial charge in [-0.3, -0.25) is 9.69 Å². The number of allylic oxidation sites excluding steroid dienone is 1. The van der Waals surface area contributed by atoms with E-state index in [1.54, 1.807) is 6.07 Å². The third-order valence-corrected chi connectivity index (χ3v) is 8.69. The van der Waals surface area contributed by atoms with E-state index in [0.29, 0.717) is 31.2 Å². The van der Waals surface area contributed by atoms with Crippen LogP contribution in [0.2, 0.25) is 0 Å². The number of benzene rings is 1. The Balaban J connectivity index is 1.21. The molecule has 0 unspecified atom stereocenters. The molecule has 0 radical (unpaired) electrons. The van der Waals surface area contributed by atoms with Crippen LogP contribution in [-0.2, 0) is 15.7 Å². The van der Waals surface area contributed by atoms with Gasteiger partial charge in [-0.2, -0.15) is 13.2 Å². The first kappa shape index (κ1) is 22.8. The van der Waals surface area contributed by atoms with Crippen LogP contribution in [0.1, 0.15) is 44.6 Å². The zero-order valence-electron chi connectivity index (χ0n) is 19.2. The zero-order valence-corrected chi connectivity index (χ0v) is 19.2. The van der Waals surface area contributed by atoms with Crippen LogP contribution in [0.15, 0.2) is 36.4 Å². The van der Waals surface area contributed by atoms with Crippen molar-refractivity contribution in [3.05, 3.63) is 42.0 Å². The molecule has 1 aromatic carbocycles. The molecule has 0 N–H and O–H groups in total. The van der Waals surface area contributed by atoms with Gasteiger partial charge in [0, 0.05) is 44.3 Å². The van der Waals surface area contributed by atoms with E-state index in [4.69, 9.17) is 4.74 Å². The molecule has 0 aromatic heterocycles. The van der Waals surface area contributed by atoms with E-state index in [0.717, 1.165) is 38.4 Å². The molecule has 4 aliphatic rings. The lowest BCUT2D eigenvalue weighted by atomic mass is 9.55. The lowest BCUT2D eigenvalue weighted by Gasteiger charge is -2.50. The van der Waals surface area contributed by atoms with Crippen molar-refractivity contribution in [3.8, 4) is 0 Å². The summed E-state index contributed by atoms with van der Waals surface area (Å²) < 4.78 is 45.1. The van der Waals surface area contributed by atoms with Gasteiger partial charge in [0.05, 0.1) is 11.5 Å². The first-order valence-electron chi connectivity index (χ1n) is 12.2. The van der Waals surface area contributed by atoms with Crippen LogP contribution in [-0.4, -0.2) is 49.7 Å². The molecule has 5 rings (SSSR count). The van der Waals surface area contributed by atoms with Crippen molar-refractivity contribution in [2.24, 2.45) is 23.2 Å². The second kappa shape index (κ2) is 8.33. The van der Waals surface area contributed by atoms with Crippen LogP contribution in [0.5, 0.6) is 0 Å². The van der Waals surface area contributed by atoms with E-state index in [9.17, 15) is 18.0 Å². The molecule has 4 nitrogen and oxygen atoms in total. The summed E-state index contributed by atoms with van der Waals surface area (Å²) >= 11 is 0. The third kappa shape index (κ3) is 4.29. The number of carbonyl (C=O) groups is 1. The van der Waals surface area contributed by atoms with E-state index in [2.05, 4.69) is 18.4 Å². The molecule has 2 saturated carbocycles. The summed E-state index contributed by atoms with van der Waals surface area (Å²) in [6, 6.07) is 5.54. The van der Waals surface area contributed by atoms with Crippen LogP contribution in [0, 0.1) is 23.2 Å². The Morgan fingerprint density at radius 2 is 1.97 bits per heavy atom. The maximum absolute atomic E-state index is 13.1. The number of halogens is 3. The molecule has 180 valence electrons. The predicted molar refractivity (Wildman–Crippen MR) is 121 cm³/mol. The van der Waals surface area contributed by atoms with Gasteiger partial charge in [0.25, 0.3) is 0 Å². The smallest absolute Gasteiger partial charge is 0.416 e. The van der Waals surface area contributed by atoms with Crippen molar-refractivity contribution < 1.29 is 22.7 Å². The summed E-state index contributed by atoms with van der Waals surface area (Å²) in [5, 5.41) is 0. The average molecular weight is 463 g/mol. The minimum Gasteiger partial charge on any atom is -0.462 e. The number of piperazine rings is 1. The Morgan fingerprint density at radius 1 is 1.21 bits per heavy atom. The second-order valence-corrected chi connectivity index (χ2v) is 10.7. The molecule has 2 heterocycles. The number of esters is 1. The molecule has 7 heteroatoms. The molecule has 5 atom stereocenters. The van der Waals surface area contributed by atoms with Crippen LogP contribution in [0.3, 0.4) is 0 Å². The second-order valence-electron chi connectivity index (χ2n) is 10.7. The number of hydrogen-bond donors (Lipinski definition) is 0. The molecule has 33 heavy (non-hydrogen) atoms. The quantitative estimate of drug-likeness (QED) is 0.460. The SMILES string of the molecule is C=C1CCC[C@]2(C)C[C@H]3OC(=O)[C@H](CN4CCN(c5cccc(C(F)(F)F)c5)CC4)[C@@H]3C[C@H]12. The lowest BCUT2D eigenvalue weighted by molar-refractivity contribution is -0.146. The fourth-order valence-electron chi connectivity index (χ4n) is 6.81. The average Bonchev–Trinajstić information content (AvgIpc) is 3.06. The summed E-state index contributed by atoms with van der Waals surface area (Å²) in [4.78, 5) is 17.1. The predicted octanol–water partition coefficient (Wildman–Crippen LogP) is 5.14. The number of anilines is 1. The van der Waals surface area contributed by atoms with Gasteiger partial charge in [0.15, 0.2) is 0 Å². The highest BCUT2D eigenvalue weighted by molar-refractivity contribution is 5.75. The van der Waals surface area contributed by atoms with E-state index in [1.165, 1.54) is 30.5 Å². The molecule has 4 fully saturated rings. The van der Waals surface area contributed by atoms with Gasteiger partial charge in [0.2, 0.25) is 0 Å². The maximum atomic E-state index is 13.1. The Hall–Kier alpha value is -2.02. The molecule has 2 saturated heterocycles. The monoisotopic (exact) mass is 462 g/mol. The Morgan fingerprint density at radius 3 is 2.70 bits per heavy atom.